The molecule has 0 atom stereocenters. The molecule has 2 saturated heterocycles. The van der Waals surface area contributed by atoms with Gasteiger partial charge in [-0.1, -0.05) is 29.8 Å². The van der Waals surface area contributed by atoms with Gasteiger partial charge in [0.05, 0.1) is 35.8 Å². The number of pyridine rings is 1. The van der Waals surface area contributed by atoms with E-state index < -0.39 is 0 Å². The van der Waals surface area contributed by atoms with Crippen LogP contribution in [0, 0.1) is 6.92 Å². The third-order valence-corrected chi connectivity index (χ3v) is 4.61. The average Bonchev–Trinajstić information content (AvgIpc) is 3.13. The van der Waals surface area contributed by atoms with Gasteiger partial charge in [0, 0.05) is 13.1 Å². The van der Waals surface area contributed by atoms with Gasteiger partial charge in [0.15, 0.2) is 6.73 Å². The number of aromatic nitrogens is 1. The van der Waals surface area contributed by atoms with E-state index in [9.17, 15) is 0 Å². The van der Waals surface area contributed by atoms with Crippen LogP contribution in [-0.2, 0) is 9.47 Å². The first kappa shape index (κ1) is 16.9. The van der Waals surface area contributed by atoms with Gasteiger partial charge in [0.2, 0.25) is 0 Å². The first-order valence-electron chi connectivity index (χ1n) is 8.50. The summed E-state index contributed by atoms with van der Waals surface area (Å²) in [7, 11) is 0. The topological polar surface area (TPSA) is 62.2 Å². The Morgan fingerprint density at radius 2 is 2.04 bits per heavy atom. The number of nitrogens with one attached hydrogen (secondary N) is 1. The number of morpholine rings is 1. The minimum atomic E-state index is 0.333. The van der Waals surface area contributed by atoms with E-state index in [1.807, 2.05) is 42.3 Å². The first-order valence-corrected chi connectivity index (χ1v) is 8.88. The van der Waals surface area contributed by atoms with Crippen LogP contribution in [0.25, 0.3) is 0 Å². The zero-order valence-electron chi connectivity index (χ0n) is 14.5. The maximum atomic E-state index is 6.46. The summed E-state index contributed by atoms with van der Waals surface area (Å²) < 4.78 is 11.0. The highest BCUT2D eigenvalue weighted by Gasteiger charge is 2.22. The smallest absolute Gasteiger partial charge is 0.311 e. The fourth-order valence-electron chi connectivity index (χ4n) is 2.88. The van der Waals surface area contributed by atoms with Crippen LogP contribution in [-0.4, -0.2) is 44.0 Å². The summed E-state index contributed by atoms with van der Waals surface area (Å²) in [6.45, 7) is 5.33. The number of amidine groups is 1. The number of rotatable bonds is 3. The fraction of sp³-hybridized carbons (Fsp3) is 0.333. The standard InChI is InChI=1S/C18H20ClN5O2/c1-13-4-2-3-5-16(13)21-18-22-24(12-26-18)14-10-15(19)17(20-11-14)23-6-8-25-9-7-23/h2-5,10-11H,6-9,12H2,1H3,(H,21,22). The van der Waals surface area contributed by atoms with E-state index in [4.69, 9.17) is 21.1 Å². The largest absolute Gasteiger partial charge is 0.441 e. The van der Waals surface area contributed by atoms with Crippen molar-refractivity contribution < 1.29 is 9.47 Å². The van der Waals surface area contributed by atoms with Gasteiger partial charge in [-0.15, -0.1) is 0 Å². The molecule has 1 aromatic heterocycles. The summed E-state index contributed by atoms with van der Waals surface area (Å²) in [5.74, 6) is 0.785. The summed E-state index contributed by atoms with van der Waals surface area (Å²) in [5.41, 5.74) is 5.92. The van der Waals surface area contributed by atoms with Crippen LogP contribution >= 0.6 is 11.6 Å². The molecular formula is C18H20ClN5O2. The SMILES string of the molecule is Cc1ccccc1N=C1NN(c2cnc(N3CCOCC3)c(Cl)c2)CO1. The lowest BCUT2D eigenvalue weighted by Gasteiger charge is -2.28. The van der Waals surface area contributed by atoms with Crippen LogP contribution in [0.15, 0.2) is 41.5 Å². The van der Waals surface area contributed by atoms with Crippen molar-refractivity contribution in [2.45, 2.75) is 6.92 Å². The Bertz CT molecular complexity index is 823. The zero-order valence-corrected chi connectivity index (χ0v) is 15.2. The van der Waals surface area contributed by atoms with Gasteiger partial charge in [0.1, 0.15) is 5.82 Å². The molecule has 2 fully saturated rings. The van der Waals surface area contributed by atoms with Gasteiger partial charge in [-0.05, 0) is 24.6 Å². The Labute approximate surface area is 157 Å². The van der Waals surface area contributed by atoms with E-state index >= 15 is 0 Å². The second-order valence-electron chi connectivity index (χ2n) is 6.12. The third-order valence-electron chi connectivity index (χ3n) is 4.33. The van der Waals surface area contributed by atoms with Gasteiger partial charge < -0.3 is 14.4 Å². The highest BCUT2D eigenvalue weighted by molar-refractivity contribution is 6.33. The third kappa shape index (κ3) is 3.54. The van der Waals surface area contributed by atoms with Crippen molar-refractivity contribution >= 4 is 34.8 Å². The molecule has 1 aromatic carbocycles. The maximum absolute atomic E-state index is 6.46. The van der Waals surface area contributed by atoms with Crippen molar-refractivity contribution in [1.29, 1.82) is 0 Å². The van der Waals surface area contributed by atoms with Gasteiger partial charge in [0.25, 0.3) is 0 Å². The number of benzene rings is 1. The lowest BCUT2D eigenvalue weighted by molar-refractivity contribution is 0.122. The minimum absolute atomic E-state index is 0.333. The number of nitrogens with zero attached hydrogens (tertiary/aromatic N) is 4. The Balaban J connectivity index is 1.48. The van der Waals surface area contributed by atoms with E-state index in [0.717, 1.165) is 35.8 Å². The van der Waals surface area contributed by atoms with Crippen molar-refractivity contribution in [3.05, 3.63) is 47.1 Å². The first-order chi connectivity index (χ1) is 12.7. The number of anilines is 2. The van der Waals surface area contributed by atoms with Gasteiger partial charge in [-0.2, -0.15) is 4.99 Å². The quantitative estimate of drug-likeness (QED) is 0.892. The zero-order chi connectivity index (χ0) is 17.9. The van der Waals surface area contributed by atoms with Crippen LogP contribution in [0.1, 0.15) is 5.56 Å². The Kier molecular flexibility index (Phi) is 4.81. The Hall–Kier alpha value is -2.51. The van der Waals surface area contributed by atoms with Crippen LogP contribution in [0.5, 0.6) is 0 Å². The molecular weight excluding hydrogens is 354 g/mol. The summed E-state index contributed by atoms with van der Waals surface area (Å²) in [6, 6.07) is 10.2. The molecule has 8 heteroatoms. The molecule has 7 nitrogen and oxygen atoms in total. The number of hydrazine groups is 1. The minimum Gasteiger partial charge on any atom is -0.441 e. The van der Waals surface area contributed by atoms with E-state index in [-0.39, 0.29) is 0 Å². The predicted octanol–water partition coefficient (Wildman–Crippen LogP) is 2.87. The highest BCUT2D eigenvalue weighted by atomic mass is 35.5. The van der Waals surface area contributed by atoms with Crippen molar-refractivity contribution in [3.8, 4) is 0 Å². The molecule has 0 radical (unpaired) electrons. The van der Waals surface area contributed by atoms with E-state index in [1.165, 1.54) is 0 Å². The number of aryl methyl sites for hydroxylation is 1. The molecule has 0 spiro atoms. The second kappa shape index (κ2) is 7.39. The van der Waals surface area contributed by atoms with Crippen molar-refractivity contribution in [3.63, 3.8) is 0 Å². The van der Waals surface area contributed by atoms with Crippen LogP contribution < -0.4 is 15.3 Å². The molecule has 0 bridgehead atoms. The molecule has 0 amide bonds. The molecule has 0 unspecified atom stereocenters. The van der Waals surface area contributed by atoms with Crippen LogP contribution in [0.3, 0.4) is 0 Å². The monoisotopic (exact) mass is 373 g/mol. The van der Waals surface area contributed by atoms with Crippen LogP contribution in [0.2, 0.25) is 5.02 Å². The van der Waals surface area contributed by atoms with Crippen molar-refractivity contribution in [2.24, 2.45) is 4.99 Å². The van der Waals surface area contributed by atoms with Crippen LogP contribution in [0.4, 0.5) is 17.2 Å². The normalized spacial score (nSPS) is 18.8. The lowest BCUT2D eigenvalue weighted by atomic mass is 10.2. The highest BCUT2D eigenvalue weighted by Crippen LogP contribution is 2.28. The fourth-order valence-corrected chi connectivity index (χ4v) is 3.16. The summed E-state index contributed by atoms with van der Waals surface area (Å²) in [5, 5.41) is 2.43. The summed E-state index contributed by atoms with van der Waals surface area (Å²) in [4.78, 5) is 11.2. The maximum Gasteiger partial charge on any atom is 0.311 e. The molecule has 0 aliphatic carbocycles. The van der Waals surface area contributed by atoms with Crippen molar-refractivity contribution in [2.75, 3.05) is 42.9 Å². The van der Waals surface area contributed by atoms with Gasteiger partial charge in [-0.25, -0.2) is 15.4 Å². The molecule has 1 N–H and O–H groups in total. The number of para-hydroxylation sites is 1. The predicted molar refractivity (Wildman–Crippen MR) is 102 cm³/mol. The summed E-state index contributed by atoms with van der Waals surface area (Å²) >= 11 is 6.46. The Morgan fingerprint density at radius 3 is 2.81 bits per heavy atom. The molecule has 4 rings (SSSR count). The number of aliphatic imine (C=N–C) groups is 1. The molecule has 26 heavy (non-hydrogen) atoms. The molecule has 136 valence electrons. The molecule has 0 saturated carbocycles. The van der Waals surface area contributed by atoms with Gasteiger partial charge >= 0.3 is 6.02 Å². The van der Waals surface area contributed by atoms with E-state index in [0.29, 0.717) is 31.0 Å². The molecule has 2 aliphatic heterocycles. The Morgan fingerprint density at radius 1 is 1.23 bits per heavy atom. The average molecular weight is 374 g/mol. The molecule has 3 heterocycles. The molecule has 2 aliphatic rings. The van der Waals surface area contributed by atoms with Crippen molar-refractivity contribution in [1.82, 2.24) is 10.4 Å². The van der Waals surface area contributed by atoms with E-state index in [1.54, 1.807) is 6.20 Å². The number of halogens is 1. The van der Waals surface area contributed by atoms with Gasteiger partial charge in [-0.3, -0.25) is 0 Å². The summed E-state index contributed by atoms with van der Waals surface area (Å²) in [6.07, 6.45) is 1.78. The van der Waals surface area contributed by atoms with E-state index in [2.05, 4.69) is 20.3 Å². The number of hydrogen-bond acceptors (Lipinski definition) is 6. The lowest BCUT2D eigenvalue weighted by Crippen LogP contribution is -2.37. The second-order valence-corrected chi connectivity index (χ2v) is 6.52. The number of ether oxygens (including phenoxy) is 2. The molecule has 2 aromatic rings. The number of hydrogen-bond donors (Lipinski definition) is 1.